The van der Waals surface area contributed by atoms with E-state index in [9.17, 15) is 4.79 Å². The van der Waals surface area contributed by atoms with Crippen molar-refractivity contribution in [1.29, 1.82) is 0 Å². The van der Waals surface area contributed by atoms with Gasteiger partial charge in [-0.2, -0.15) is 0 Å². The molecule has 0 N–H and O–H groups in total. The molecule has 1 fully saturated rings. The van der Waals surface area contributed by atoms with Crippen LogP contribution in [0.5, 0.6) is 0 Å². The molecule has 0 unspecified atom stereocenters. The average Bonchev–Trinajstić information content (AvgIpc) is 2.75. The van der Waals surface area contributed by atoms with Crippen molar-refractivity contribution >= 4 is 5.97 Å². The van der Waals surface area contributed by atoms with Crippen LogP contribution in [0, 0.1) is 0 Å². The maximum atomic E-state index is 11.6. The lowest BCUT2D eigenvalue weighted by Crippen LogP contribution is -2.23. The SMILES string of the molecule is CC=CC(=O)OC1CCC(c2ccc(-c3ncc(CCCCC)cn3)cc2)CC1. The zero-order valence-corrected chi connectivity index (χ0v) is 17.6. The van der Waals surface area contributed by atoms with Gasteiger partial charge in [-0.3, -0.25) is 0 Å². The quantitative estimate of drug-likeness (QED) is 0.313. The summed E-state index contributed by atoms with van der Waals surface area (Å²) in [7, 11) is 0. The second kappa shape index (κ2) is 10.9. The van der Waals surface area contributed by atoms with Crippen molar-refractivity contribution in [2.75, 3.05) is 0 Å². The summed E-state index contributed by atoms with van der Waals surface area (Å²) in [5.41, 5.74) is 3.62. The van der Waals surface area contributed by atoms with Gasteiger partial charge < -0.3 is 4.74 Å². The van der Waals surface area contributed by atoms with Gasteiger partial charge in [0.25, 0.3) is 0 Å². The highest BCUT2D eigenvalue weighted by atomic mass is 16.5. The van der Waals surface area contributed by atoms with Crippen LogP contribution in [-0.4, -0.2) is 22.0 Å². The summed E-state index contributed by atoms with van der Waals surface area (Å²) in [5, 5.41) is 0. The largest absolute Gasteiger partial charge is 0.459 e. The van der Waals surface area contributed by atoms with Crippen LogP contribution in [0.1, 0.15) is 75.8 Å². The molecule has 0 aliphatic heterocycles. The Balaban J connectivity index is 1.53. The minimum atomic E-state index is -0.225. The fourth-order valence-corrected chi connectivity index (χ4v) is 3.97. The molecule has 1 aromatic heterocycles. The Morgan fingerprint density at radius 2 is 1.76 bits per heavy atom. The first kappa shape index (κ1) is 21.2. The van der Waals surface area contributed by atoms with Crippen molar-refractivity contribution in [2.45, 2.75) is 77.2 Å². The number of unbranched alkanes of at least 4 members (excludes halogenated alkanes) is 2. The van der Waals surface area contributed by atoms with Crippen LogP contribution >= 0.6 is 0 Å². The molecule has 1 aromatic carbocycles. The van der Waals surface area contributed by atoms with Crippen molar-refractivity contribution in [3.8, 4) is 11.4 Å². The van der Waals surface area contributed by atoms with Gasteiger partial charge in [0, 0.05) is 24.0 Å². The second-order valence-electron chi connectivity index (χ2n) is 7.90. The number of nitrogens with zero attached hydrogens (tertiary/aromatic N) is 2. The van der Waals surface area contributed by atoms with Crippen molar-refractivity contribution in [1.82, 2.24) is 9.97 Å². The van der Waals surface area contributed by atoms with Crippen LogP contribution in [-0.2, 0) is 16.0 Å². The number of carbonyl (C=O) groups is 1. The zero-order valence-electron chi connectivity index (χ0n) is 17.6. The van der Waals surface area contributed by atoms with Gasteiger partial charge in [0.2, 0.25) is 0 Å². The molecule has 3 rings (SSSR count). The van der Waals surface area contributed by atoms with E-state index in [4.69, 9.17) is 4.74 Å². The molecular weight excluding hydrogens is 360 g/mol. The van der Waals surface area contributed by atoms with Crippen molar-refractivity contribution in [3.05, 3.63) is 59.9 Å². The van der Waals surface area contributed by atoms with Gasteiger partial charge in [-0.25, -0.2) is 14.8 Å². The lowest BCUT2D eigenvalue weighted by Gasteiger charge is -2.28. The predicted molar refractivity (Wildman–Crippen MR) is 117 cm³/mol. The van der Waals surface area contributed by atoms with Crippen LogP contribution in [0.2, 0.25) is 0 Å². The third-order valence-electron chi connectivity index (χ3n) is 5.67. The minimum Gasteiger partial charge on any atom is -0.459 e. The van der Waals surface area contributed by atoms with Crippen LogP contribution in [0.15, 0.2) is 48.8 Å². The predicted octanol–water partition coefficient (Wildman–Crippen LogP) is 6.02. The summed E-state index contributed by atoms with van der Waals surface area (Å²) in [4.78, 5) is 20.7. The Hall–Kier alpha value is -2.49. The lowest BCUT2D eigenvalue weighted by molar-refractivity contribution is -0.144. The van der Waals surface area contributed by atoms with Crippen molar-refractivity contribution in [3.63, 3.8) is 0 Å². The number of aryl methyl sites for hydroxylation is 1. The van der Waals surface area contributed by atoms with Gasteiger partial charge in [-0.15, -0.1) is 0 Å². The van der Waals surface area contributed by atoms with Gasteiger partial charge in [0.05, 0.1) is 0 Å². The Kier molecular flexibility index (Phi) is 7.97. The molecule has 0 atom stereocenters. The summed E-state index contributed by atoms with van der Waals surface area (Å²) in [6.07, 6.45) is 15.9. The number of aromatic nitrogens is 2. The van der Waals surface area contributed by atoms with Crippen molar-refractivity contribution < 1.29 is 9.53 Å². The Labute approximate surface area is 174 Å². The monoisotopic (exact) mass is 392 g/mol. The zero-order chi connectivity index (χ0) is 20.5. The fraction of sp³-hybridized carbons (Fsp3) is 0.480. The van der Waals surface area contributed by atoms with E-state index in [-0.39, 0.29) is 12.1 Å². The smallest absolute Gasteiger partial charge is 0.330 e. The molecule has 1 heterocycles. The number of carbonyl (C=O) groups excluding carboxylic acids is 1. The summed E-state index contributed by atoms with van der Waals surface area (Å²) >= 11 is 0. The molecule has 0 radical (unpaired) electrons. The molecule has 0 bridgehead atoms. The van der Waals surface area contributed by atoms with Gasteiger partial charge >= 0.3 is 5.97 Å². The first-order valence-electron chi connectivity index (χ1n) is 10.9. The van der Waals surface area contributed by atoms with Gasteiger partial charge in [-0.05, 0) is 62.5 Å². The van der Waals surface area contributed by atoms with E-state index in [0.29, 0.717) is 5.92 Å². The van der Waals surface area contributed by atoms with Crippen LogP contribution in [0.3, 0.4) is 0 Å². The van der Waals surface area contributed by atoms with E-state index in [0.717, 1.165) is 43.5 Å². The number of hydrogen-bond acceptors (Lipinski definition) is 4. The van der Waals surface area contributed by atoms with E-state index < -0.39 is 0 Å². The summed E-state index contributed by atoms with van der Waals surface area (Å²) in [5.74, 6) is 1.09. The van der Waals surface area contributed by atoms with E-state index in [2.05, 4.69) is 41.2 Å². The molecule has 1 aliphatic rings. The fourth-order valence-electron chi connectivity index (χ4n) is 3.97. The average molecular weight is 393 g/mol. The normalized spacial score (nSPS) is 19.4. The van der Waals surface area contributed by atoms with E-state index in [1.54, 1.807) is 6.08 Å². The summed E-state index contributed by atoms with van der Waals surface area (Å²) in [6.45, 7) is 4.05. The molecule has 0 amide bonds. The standard InChI is InChI=1S/C25H32N2O2/c1-3-5-6-8-19-17-26-25(27-18-19)22-11-9-20(10-12-22)21-13-15-23(16-14-21)29-24(28)7-4-2/h4,7,9-12,17-18,21,23H,3,5-6,8,13-16H2,1-2H3. The van der Waals surface area contributed by atoms with E-state index in [1.165, 1.54) is 36.5 Å². The molecule has 0 spiro atoms. The maximum Gasteiger partial charge on any atom is 0.330 e. The Morgan fingerprint density at radius 3 is 2.38 bits per heavy atom. The van der Waals surface area contributed by atoms with Crippen LogP contribution in [0.4, 0.5) is 0 Å². The molecule has 2 aromatic rings. The highest BCUT2D eigenvalue weighted by Gasteiger charge is 2.24. The van der Waals surface area contributed by atoms with Gasteiger partial charge in [0.1, 0.15) is 6.10 Å². The van der Waals surface area contributed by atoms with Crippen LogP contribution in [0.25, 0.3) is 11.4 Å². The van der Waals surface area contributed by atoms with E-state index in [1.807, 2.05) is 19.3 Å². The third-order valence-corrected chi connectivity index (χ3v) is 5.67. The Morgan fingerprint density at radius 1 is 1.07 bits per heavy atom. The first-order valence-corrected chi connectivity index (χ1v) is 10.9. The van der Waals surface area contributed by atoms with Crippen molar-refractivity contribution in [2.24, 2.45) is 0 Å². The topological polar surface area (TPSA) is 52.1 Å². The maximum absolute atomic E-state index is 11.6. The minimum absolute atomic E-state index is 0.0541. The number of ether oxygens (including phenoxy) is 1. The highest BCUT2D eigenvalue weighted by molar-refractivity contribution is 5.81. The molecule has 154 valence electrons. The molecule has 1 saturated carbocycles. The molecule has 4 heteroatoms. The van der Waals surface area contributed by atoms with Crippen LogP contribution < -0.4 is 0 Å². The number of allylic oxidation sites excluding steroid dienone is 1. The number of benzene rings is 1. The van der Waals surface area contributed by atoms with Gasteiger partial charge in [0.15, 0.2) is 5.82 Å². The Bertz CT molecular complexity index is 789. The van der Waals surface area contributed by atoms with E-state index >= 15 is 0 Å². The summed E-state index contributed by atoms with van der Waals surface area (Å²) in [6, 6.07) is 8.65. The molecule has 0 saturated heterocycles. The molecular formula is C25H32N2O2. The number of rotatable bonds is 8. The highest BCUT2D eigenvalue weighted by Crippen LogP contribution is 2.34. The summed E-state index contributed by atoms with van der Waals surface area (Å²) < 4.78 is 5.49. The molecule has 29 heavy (non-hydrogen) atoms. The van der Waals surface area contributed by atoms with Gasteiger partial charge in [-0.1, -0.05) is 50.1 Å². The molecule has 1 aliphatic carbocycles. The lowest BCUT2D eigenvalue weighted by atomic mass is 9.82. The third kappa shape index (κ3) is 6.25. The number of hydrogen-bond donors (Lipinski definition) is 0. The first-order chi connectivity index (χ1) is 14.2. The molecule has 4 nitrogen and oxygen atoms in total. The second-order valence-corrected chi connectivity index (χ2v) is 7.90. The number of esters is 1.